The van der Waals surface area contributed by atoms with Crippen molar-refractivity contribution >= 4 is 40.4 Å². The molecule has 0 atom stereocenters. The molecule has 92 valence electrons. The maximum Gasteiger partial charge on any atom is 0.0767 e. The lowest BCUT2D eigenvalue weighted by Gasteiger charge is -2.15. The first-order chi connectivity index (χ1) is 8.75. The van der Waals surface area contributed by atoms with Crippen LogP contribution in [0.1, 0.15) is 12.5 Å². The summed E-state index contributed by atoms with van der Waals surface area (Å²) in [4.78, 5) is 0. The highest BCUT2D eigenvalue weighted by Crippen LogP contribution is 2.44. The largest absolute Gasteiger partial charge is 0.139 e. The molecule has 0 radical (unpaired) electrons. The molecule has 2 heteroatoms. The van der Waals surface area contributed by atoms with E-state index in [0.29, 0.717) is 0 Å². The molecular weight excluding hydrogens is 256 g/mol. The van der Waals surface area contributed by atoms with Crippen molar-refractivity contribution in [1.82, 2.24) is 0 Å². The Morgan fingerprint density at radius 3 is 2.50 bits per heavy atom. The first-order valence-corrected chi connectivity index (χ1v) is 8.18. The summed E-state index contributed by atoms with van der Waals surface area (Å²) in [7, 11) is 0. The van der Waals surface area contributed by atoms with Crippen molar-refractivity contribution in [1.29, 1.82) is 0 Å². The molecule has 0 unspecified atom stereocenters. The number of fused-ring (bicyclic) bond motifs is 1. The van der Waals surface area contributed by atoms with E-state index in [-0.39, 0.29) is 4.08 Å². The molecule has 1 aliphatic rings. The van der Waals surface area contributed by atoms with Crippen molar-refractivity contribution in [3.63, 3.8) is 0 Å². The molecule has 1 aliphatic heterocycles. The van der Waals surface area contributed by atoms with E-state index in [1.165, 1.54) is 27.8 Å². The van der Waals surface area contributed by atoms with Gasteiger partial charge < -0.3 is 0 Å². The molecule has 1 fully saturated rings. The first-order valence-electron chi connectivity index (χ1n) is 6.21. The van der Waals surface area contributed by atoms with Gasteiger partial charge in [-0.2, -0.15) is 0 Å². The third kappa shape index (κ3) is 2.60. The number of hydrogen-bond donors (Lipinski definition) is 0. The van der Waals surface area contributed by atoms with Crippen molar-refractivity contribution < 1.29 is 0 Å². The standard InChI is InChI=1S/C16H16S2/c1-16(17-10-11-18-16)9-8-13-6-7-14-4-2-3-5-15(14)12-13/h2-9,12H,10-11H2,1H3/b9-8+. The molecule has 0 N–H and O–H groups in total. The van der Waals surface area contributed by atoms with E-state index in [2.05, 4.69) is 61.5 Å². The van der Waals surface area contributed by atoms with Gasteiger partial charge in [0, 0.05) is 11.5 Å². The van der Waals surface area contributed by atoms with Crippen molar-refractivity contribution in [2.45, 2.75) is 11.0 Å². The van der Waals surface area contributed by atoms with Gasteiger partial charge in [0.25, 0.3) is 0 Å². The molecule has 1 saturated heterocycles. The van der Waals surface area contributed by atoms with Gasteiger partial charge in [0.15, 0.2) is 0 Å². The summed E-state index contributed by atoms with van der Waals surface area (Å²) in [6.45, 7) is 2.31. The number of benzene rings is 2. The second kappa shape index (κ2) is 5.02. The van der Waals surface area contributed by atoms with Crippen molar-refractivity contribution in [3.05, 3.63) is 54.1 Å². The van der Waals surface area contributed by atoms with Crippen LogP contribution >= 0.6 is 23.5 Å². The fraction of sp³-hybridized carbons (Fsp3) is 0.250. The molecule has 2 aromatic rings. The zero-order chi connectivity index (χ0) is 12.4. The Labute approximate surface area is 117 Å². The Hall–Kier alpha value is -0.860. The normalized spacial score (nSPS) is 18.7. The highest BCUT2D eigenvalue weighted by molar-refractivity contribution is 8.21. The van der Waals surface area contributed by atoms with Gasteiger partial charge in [-0.3, -0.25) is 0 Å². The fourth-order valence-corrected chi connectivity index (χ4v) is 4.82. The van der Waals surface area contributed by atoms with Crippen molar-refractivity contribution in [2.24, 2.45) is 0 Å². The van der Waals surface area contributed by atoms with Crippen LogP contribution in [0.15, 0.2) is 48.5 Å². The van der Waals surface area contributed by atoms with Crippen LogP contribution in [0.5, 0.6) is 0 Å². The molecule has 0 aromatic heterocycles. The third-order valence-corrected chi connectivity index (χ3v) is 6.41. The van der Waals surface area contributed by atoms with Crippen LogP contribution < -0.4 is 0 Å². The maximum absolute atomic E-state index is 2.35. The van der Waals surface area contributed by atoms with Crippen LogP contribution in [0.2, 0.25) is 0 Å². The van der Waals surface area contributed by atoms with E-state index in [4.69, 9.17) is 0 Å². The van der Waals surface area contributed by atoms with Crippen molar-refractivity contribution in [3.8, 4) is 0 Å². The number of thioether (sulfide) groups is 2. The summed E-state index contributed by atoms with van der Waals surface area (Å²) in [5, 5.41) is 2.63. The van der Waals surface area contributed by atoms with Gasteiger partial charge in [-0.1, -0.05) is 48.6 Å². The minimum Gasteiger partial charge on any atom is -0.139 e. The molecule has 0 aliphatic carbocycles. The van der Waals surface area contributed by atoms with Crippen LogP contribution in [0, 0.1) is 0 Å². The Morgan fingerprint density at radius 1 is 1.00 bits per heavy atom. The van der Waals surface area contributed by atoms with Gasteiger partial charge in [-0.15, -0.1) is 23.5 Å². The SMILES string of the molecule is CC1(/C=C/c2ccc3ccccc3c2)SCCS1. The minimum absolute atomic E-state index is 0.269. The predicted molar refractivity (Wildman–Crippen MR) is 86.3 cm³/mol. The minimum atomic E-state index is 0.269. The van der Waals surface area contributed by atoms with E-state index >= 15 is 0 Å². The Morgan fingerprint density at radius 2 is 1.72 bits per heavy atom. The predicted octanol–water partition coefficient (Wildman–Crippen LogP) is 5.05. The molecule has 18 heavy (non-hydrogen) atoms. The van der Waals surface area contributed by atoms with Crippen LogP contribution in [0.3, 0.4) is 0 Å². The van der Waals surface area contributed by atoms with E-state index in [1.807, 2.05) is 23.5 Å². The third-order valence-electron chi connectivity index (χ3n) is 3.21. The van der Waals surface area contributed by atoms with Crippen LogP contribution in [-0.4, -0.2) is 15.6 Å². The summed E-state index contributed by atoms with van der Waals surface area (Å²) >= 11 is 4.09. The maximum atomic E-state index is 2.35. The molecule has 2 aromatic carbocycles. The average molecular weight is 272 g/mol. The summed E-state index contributed by atoms with van der Waals surface area (Å²) in [6.07, 6.45) is 4.61. The van der Waals surface area contributed by atoms with Gasteiger partial charge in [0.05, 0.1) is 4.08 Å². The lowest BCUT2D eigenvalue weighted by atomic mass is 10.1. The van der Waals surface area contributed by atoms with E-state index in [0.717, 1.165) is 0 Å². The second-order valence-electron chi connectivity index (χ2n) is 4.65. The highest BCUT2D eigenvalue weighted by Gasteiger charge is 2.26. The van der Waals surface area contributed by atoms with Crippen LogP contribution in [0.4, 0.5) is 0 Å². The van der Waals surface area contributed by atoms with Crippen LogP contribution in [0.25, 0.3) is 16.8 Å². The van der Waals surface area contributed by atoms with Gasteiger partial charge in [0.1, 0.15) is 0 Å². The van der Waals surface area contributed by atoms with E-state index in [9.17, 15) is 0 Å². The first kappa shape index (κ1) is 12.2. The summed E-state index contributed by atoms with van der Waals surface area (Å²) < 4.78 is 0.269. The van der Waals surface area contributed by atoms with E-state index in [1.54, 1.807) is 0 Å². The quantitative estimate of drug-likeness (QED) is 0.750. The highest BCUT2D eigenvalue weighted by atomic mass is 32.2. The molecule has 1 heterocycles. The Bertz CT molecular complexity index is 580. The molecule has 0 nitrogen and oxygen atoms in total. The molecule has 0 saturated carbocycles. The molecule has 0 amide bonds. The Balaban J connectivity index is 1.88. The average Bonchev–Trinajstić information content (AvgIpc) is 2.84. The monoisotopic (exact) mass is 272 g/mol. The van der Waals surface area contributed by atoms with Gasteiger partial charge in [-0.25, -0.2) is 0 Å². The summed E-state index contributed by atoms with van der Waals surface area (Å²) in [5.74, 6) is 2.53. The summed E-state index contributed by atoms with van der Waals surface area (Å²) in [5.41, 5.74) is 1.29. The van der Waals surface area contributed by atoms with Gasteiger partial charge >= 0.3 is 0 Å². The topological polar surface area (TPSA) is 0 Å². The van der Waals surface area contributed by atoms with Gasteiger partial charge in [-0.05, 0) is 29.3 Å². The van der Waals surface area contributed by atoms with Crippen molar-refractivity contribution in [2.75, 3.05) is 11.5 Å². The molecular formula is C16H16S2. The lowest BCUT2D eigenvalue weighted by Crippen LogP contribution is -2.04. The molecule has 0 bridgehead atoms. The second-order valence-corrected chi connectivity index (χ2v) is 8.00. The van der Waals surface area contributed by atoms with E-state index < -0.39 is 0 Å². The smallest absolute Gasteiger partial charge is 0.0767 e. The van der Waals surface area contributed by atoms with Gasteiger partial charge in [0.2, 0.25) is 0 Å². The zero-order valence-corrected chi connectivity index (χ0v) is 12.1. The Kier molecular flexibility index (Phi) is 3.40. The molecule has 3 rings (SSSR count). The molecule has 0 spiro atoms. The summed E-state index contributed by atoms with van der Waals surface area (Å²) in [6, 6.07) is 15.2. The van der Waals surface area contributed by atoms with Crippen LogP contribution in [-0.2, 0) is 0 Å². The zero-order valence-electron chi connectivity index (χ0n) is 10.4. The number of hydrogen-bond acceptors (Lipinski definition) is 2. The fourth-order valence-electron chi connectivity index (χ4n) is 2.19. The number of rotatable bonds is 2. The lowest BCUT2D eigenvalue weighted by molar-refractivity contribution is 1.18.